The normalized spacial score (nSPS) is 10.6. The summed E-state index contributed by atoms with van der Waals surface area (Å²) in [6.07, 6.45) is 1.64. The average molecular weight is 290 g/mol. The van der Waals surface area contributed by atoms with Gasteiger partial charge in [0, 0.05) is 16.6 Å². The Kier molecular flexibility index (Phi) is 3.23. The maximum absolute atomic E-state index is 6.13. The van der Waals surface area contributed by atoms with Crippen LogP contribution in [-0.2, 0) is 0 Å². The number of anilines is 2. The van der Waals surface area contributed by atoms with Crippen molar-refractivity contribution in [1.29, 1.82) is 0 Å². The Morgan fingerprint density at radius 3 is 2.68 bits per heavy atom. The second-order valence-electron chi connectivity index (χ2n) is 3.99. The molecule has 3 nitrogen and oxygen atoms in total. The summed E-state index contributed by atoms with van der Waals surface area (Å²) in [7, 11) is 0. The smallest absolute Gasteiger partial charge is 0.132 e. The van der Waals surface area contributed by atoms with Crippen LogP contribution in [0.15, 0.2) is 48.7 Å². The lowest BCUT2D eigenvalue weighted by Gasteiger charge is -2.06. The van der Waals surface area contributed by atoms with Gasteiger partial charge >= 0.3 is 0 Å². The summed E-state index contributed by atoms with van der Waals surface area (Å²) >= 11 is 12.0. The van der Waals surface area contributed by atoms with E-state index < -0.39 is 0 Å². The van der Waals surface area contributed by atoms with Gasteiger partial charge in [0.05, 0.1) is 10.5 Å². The van der Waals surface area contributed by atoms with Gasteiger partial charge in [-0.05, 0) is 30.3 Å². The molecular weight excluding hydrogens is 281 g/mol. The number of benzene rings is 1. The average Bonchev–Trinajstić information content (AvgIpc) is 2.40. The van der Waals surface area contributed by atoms with Gasteiger partial charge in [0.1, 0.15) is 11.6 Å². The molecule has 0 bridgehead atoms. The zero-order valence-electron chi connectivity index (χ0n) is 9.77. The van der Waals surface area contributed by atoms with Crippen molar-refractivity contribution in [2.75, 3.05) is 5.32 Å². The summed E-state index contributed by atoms with van der Waals surface area (Å²) in [4.78, 5) is 8.64. The van der Waals surface area contributed by atoms with Crippen molar-refractivity contribution in [2.45, 2.75) is 0 Å². The third-order valence-corrected chi connectivity index (χ3v) is 3.19. The molecule has 1 N–H and O–H groups in total. The summed E-state index contributed by atoms with van der Waals surface area (Å²) in [6.45, 7) is 0. The summed E-state index contributed by atoms with van der Waals surface area (Å²) in [5.74, 6) is 1.32. The van der Waals surface area contributed by atoms with E-state index in [1.54, 1.807) is 18.3 Å². The van der Waals surface area contributed by atoms with Crippen LogP contribution >= 0.6 is 23.2 Å². The number of aromatic nitrogens is 2. The van der Waals surface area contributed by atoms with E-state index in [-0.39, 0.29) is 0 Å². The van der Waals surface area contributed by atoms with E-state index in [2.05, 4.69) is 15.3 Å². The Hall–Kier alpha value is -1.84. The zero-order valence-corrected chi connectivity index (χ0v) is 11.3. The molecule has 0 aliphatic heterocycles. The molecule has 0 amide bonds. The summed E-state index contributed by atoms with van der Waals surface area (Å²) in [5.41, 5.74) is 0.760. The lowest BCUT2D eigenvalue weighted by molar-refractivity contribution is 1.28. The first-order valence-electron chi connectivity index (χ1n) is 5.66. The minimum atomic E-state index is 0.622. The summed E-state index contributed by atoms with van der Waals surface area (Å²) < 4.78 is 0. The molecule has 3 aromatic rings. The van der Waals surface area contributed by atoms with Crippen molar-refractivity contribution < 1.29 is 0 Å². The summed E-state index contributed by atoms with van der Waals surface area (Å²) in [5, 5.41) is 5.34. The fourth-order valence-corrected chi connectivity index (χ4v) is 2.17. The topological polar surface area (TPSA) is 37.8 Å². The number of rotatable bonds is 2. The molecule has 0 radical (unpaired) electrons. The van der Waals surface area contributed by atoms with E-state index in [9.17, 15) is 0 Å². The van der Waals surface area contributed by atoms with Crippen molar-refractivity contribution >= 4 is 45.7 Å². The standard InChI is InChI=1S/C14H9Cl2N3/c15-10-6-7-17-13(8-10)18-12-5-4-9-2-1-3-11(16)14(9)19-12/h1-8H,(H,17,18,19). The first-order chi connectivity index (χ1) is 9.22. The molecule has 0 aliphatic rings. The second-order valence-corrected chi connectivity index (χ2v) is 4.84. The van der Waals surface area contributed by atoms with Crippen LogP contribution in [0.2, 0.25) is 10.0 Å². The molecule has 2 heterocycles. The van der Waals surface area contributed by atoms with Crippen molar-refractivity contribution in [2.24, 2.45) is 0 Å². The molecule has 3 rings (SSSR count). The highest BCUT2D eigenvalue weighted by Crippen LogP contribution is 2.24. The quantitative estimate of drug-likeness (QED) is 0.744. The third-order valence-electron chi connectivity index (χ3n) is 2.65. The van der Waals surface area contributed by atoms with Crippen molar-refractivity contribution in [1.82, 2.24) is 9.97 Å². The molecule has 0 aliphatic carbocycles. The van der Waals surface area contributed by atoms with Crippen LogP contribution in [0, 0.1) is 0 Å². The Balaban J connectivity index is 2.00. The van der Waals surface area contributed by atoms with Crippen molar-refractivity contribution in [3.63, 3.8) is 0 Å². The number of para-hydroxylation sites is 1. The molecule has 0 unspecified atom stereocenters. The molecule has 5 heteroatoms. The molecule has 0 saturated heterocycles. The van der Waals surface area contributed by atoms with Crippen LogP contribution in [0.3, 0.4) is 0 Å². The number of nitrogens with zero attached hydrogens (tertiary/aromatic N) is 2. The number of halogens is 2. The highest BCUT2D eigenvalue weighted by atomic mass is 35.5. The van der Waals surface area contributed by atoms with E-state index in [1.807, 2.05) is 30.3 Å². The van der Waals surface area contributed by atoms with E-state index >= 15 is 0 Å². The highest BCUT2D eigenvalue weighted by Gasteiger charge is 2.03. The summed E-state index contributed by atoms with van der Waals surface area (Å²) in [6, 6.07) is 13.0. The minimum absolute atomic E-state index is 0.622. The van der Waals surface area contributed by atoms with Crippen LogP contribution in [0.1, 0.15) is 0 Å². The van der Waals surface area contributed by atoms with Gasteiger partial charge in [-0.15, -0.1) is 0 Å². The SMILES string of the molecule is Clc1ccnc(Nc2ccc3cccc(Cl)c3n2)c1. The maximum atomic E-state index is 6.13. The van der Waals surface area contributed by atoms with Crippen molar-refractivity contribution in [3.8, 4) is 0 Å². The minimum Gasteiger partial charge on any atom is -0.325 e. The van der Waals surface area contributed by atoms with Crippen molar-refractivity contribution in [3.05, 3.63) is 58.7 Å². The van der Waals surface area contributed by atoms with Gasteiger partial charge in [-0.25, -0.2) is 9.97 Å². The molecule has 2 aromatic heterocycles. The van der Waals surface area contributed by atoms with Gasteiger partial charge in [0.2, 0.25) is 0 Å². The second kappa shape index (κ2) is 5.03. The monoisotopic (exact) mass is 289 g/mol. The molecule has 1 aromatic carbocycles. The lowest BCUT2D eigenvalue weighted by Crippen LogP contribution is -1.96. The molecule has 0 saturated carbocycles. The molecule has 0 atom stereocenters. The predicted octanol–water partition coefficient (Wildman–Crippen LogP) is 4.68. The van der Waals surface area contributed by atoms with Gasteiger partial charge in [-0.2, -0.15) is 0 Å². The molecule has 0 fully saturated rings. The fraction of sp³-hybridized carbons (Fsp3) is 0. The zero-order chi connectivity index (χ0) is 13.2. The Bertz CT molecular complexity index is 744. The molecule has 19 heavy (non-hydrogen) atoms. The van der Waals surface area contributed by atoms with Crippen LogP contribution < -0.4 is 5.32 Å². The number of fused-ring (bicyclic) bond motifs is 1. The Labute approximate surface area is 120 Å². The largest absolute Gasteiger partial charge is 0.325 e. The molecular formula is C14H9Cl2N3. The predicted molar refractivity (Wildman–Crippen MR) is 79.3 cm³/mol. The van der Waals surface area contributed by atoms with E-state index in [4.69, 9.17) is 23.2 Å². The fourth-order valence-electron chi connectivity index (χ4n) is 1.78. The highest BCUT2D eigenvalue weighted by molar-refractivity contribution is 6.35. The van der Waals surface area contributed by atoms with Gasteiger partial charge in [-0.3, -0.25) is 0 Å². The maximum Gasteiger partial charge on any atom is 0.132 e. The Morgan fingerprint density at radius 1 is 0.947 bits per heavy atom. The van der Waals surface area contributed by atoms with E-state index in [0.29, 0.717) is 21.7 Å². The van der Waals surface area contributed by atoms with Crippen LogP contribution in [-0.4, -0.2) is 9.97 Å². The molecule has 0 spiro atoms. The Morgan fingerprint density at radius 2 is 1.84 bits per heavy atom. The van der Waals surface area contributed by atoms with Gasteiger partial charge < -0.3 is 5.32 Å². The van der Waals surface area contributed by atoms with Gasteiger partial charge in [0.15, 0.2) is 0 Å². The van der Waals surface area contributed by atoms with Gasteiger partial charge in [-0.1, -0.05) is 35.3 Å². The van der Waals surface area contributed by atoms with E-state index in [1.165, 1.54) is 0 Å². The first-order valence-corrected chi connectivity index (χ1v) is 6.42. The van der Waals surface area contributed by atoms with Gasteiger partial charge in [0.25, 0.3) is 0 Å². The van der Waals surface area contributed by atoms with Crippen LogP contribution in [0.4, 0.5) is 11.6 Å². The third kappa shape index (κ3) is 2.62. The van der Waals surface area contributed by atoms with E-state index in [0.717, 1.165) is 10.9 Å². The first kappa shape index (κ1) is 12.2. The number of hydrogen-bond donors (Lipinski definition) is 1. The number of nitrogens with one attached hydrogen (secondary N) is 1. The number of hydrogen-bond acceptors (Lipinski definition) is 3. The van der Waals surface area contributed by atoms with Crippen LogP contribution in [0.5, 0.6) is 0 Å². The number of pyridine rings is 2. The van der Waals surface area contributed by atoms with Crippen LogP contribution in [0.25, 0.3) is 10.9 Å². The lowest BCUT2D eigenvalue weighted by atomic mass is 10.2. The molecule has 94 valence electrons.